The second-order valence-electron chi connectivity index (χ2n) is 3.52. The number of nitrogens with zero attached hydrogens (tertiary/aromatic N) is 2. The molecule has 0 unspecified atom stereocenters. The van der Waals surface area contributed by atoms with E-state index in [2.05, 4.69) is 20.9 Å². The fourth-order valence-corrected chi connectivity index (χ4v) is 1.78. The highest BCUT2D eigenvalue weighted by atomic mass is 79.9. The summed E-state index contributed by atoms with van der Waals surface area (Å²) in [4.78, 5) is 15.6. The summed E-state index contributed by atoms with van der Waals surface area (Å²) in [6.07, 6.45) is 2.84. The molecule has 0 radical (unpaired) electrons. The molecular formula is C11H9BrFN3O. The van der Waals surface area contributed by atoms with Gasteiger partial charge in [-0.2, -0.15) is 0 Å². The highest BCUT2D eigenvalue weighted by Crippen LogP contribution is 2.14. The standard InChI is InChI=1S/C11H9BrFN3O/c12-9-4-15-6-16(11(9)17)5-7-1-2-8(13)3-10(7)14/h1-4,6H,5,14H2. The molecule has 0 bridgehead atoms. The summed E-state index contributed by atoms with van der Waals surface area (Å²) in [7, 11) is 0. The topological polar surface area (TPSA) is 60.9 Å². The van der Waals surface area contributed by atoms with Crippen LogP contribution in [0.3, 0.4) is 0 Å². The summed E-state index contributed by atoms with van der Waals surface area (Å²) < 4.78 is 14.6. The lowest BCUT2D eigenvalue weighted by atomic mass is 10.2. The van der Waals surface area contributed by atoms with Crippen molar-refractivity contribution in [1.29, 1.82) is 0 Å². The van der Waals surface area contributed by atoms with Gasteiger partial charge in [-0.1, -0.05) is 6.07 Å². The van der Waals surface area contributed by atoms with Crippen LogP contribution in [0.2, 0.25) is 0 Å². The maximum Gasteiger partial charge on any atom is 0.267 e. The van der Waals surface area contributed by atoms with Crippen molar-refractivity contribution < 1.29 is 4.39 Å². The normalized spacial score (nSPS) is 10.5. The van der Waals surface area contributed by atoms with E-state index in [-0.39, 0.29) is 12.1 Å². The van der Waals surface area contributed by atoms with Gasteiger partial charge >= 0.3 is 0 Å². The number of nitrogen functional groups attached to an aromatic ring is 1. The van der Waals surface area contributed by atoms with Crippen molar-refractivity contribution in [2.45, 2.75) is 6.54 Å². The Hall–Kier alpha value is -1.69. The molecule has 1 heterocycles. The van der Waals surface area contributed by atoms with Crippen LogP contribution in [0.15, 0.2) is 40.0 Å². The van der Waals surface area contributed by atoms with Gasteiger partial charge in [0.1, 0.15) is 10.3 Å². The number of halogens is 2. The molecule has 6 heteroatoms. The van der Waals surface area contributed by atoms with E-state index >= 15 is 0 Å². The summed E-state index contributed by atoms with van der Waals surface area (Å²) in [5, 5.41) is 0. The van der Waals surface area contributed by atoms with Gasteiger partial charge in [-0.15, -0.1) is 0 Å². The van der Waals surface area contributed by atoms with Crippen molar-refractivity contribution in [3.05, 3.63) is 56.9 Å². The fourth-order valence-electron chi connectivity index (χ4n) is 1.43. The van der Waals surface area contributed by atoms with Gasteiger partial charge in [0.15, 0.2) is 0 Å². The van der Waals surface area contributed by atoms with E-state index < -0.39 is 5.82 Å². The minimum atomic E-state index is -0.397. The molecule has 0 aliphatic heterocycles. The van der Waals surface area contributed by atoms with E-state index in [1.165, 1.54) is 29.2 Å². The minimum absolute atomic E-state index is 0.205. The van der Waals surface area contributed by atoms with E-state index in [1.54, 1.807) is 6.07 Å². The van der Waals surface area contributed by atoms with Gasteiger partial charge in [0.2, 0.25) is 0 Å². The molecular weight excluding hydrogens is 289 g/mol. The summed E-state index contributed by atoms with van der Waals surface area (Å²) in [6, 6.07) is 4.09. The molecule has 0 atom stereocenters. The SMILES string of the molecule is Nc1cc(F)ccc1Cn1cncc(Br)c1=O. The van der Waals surface area contributed by atoms with Crippen molar-refractivity contribution >= 4 is 21.6 Å². The van der Waals surface area contributed by atoms with Gasteiger partial charge in [-0.25, -0.2) is 9.37 Å². The Morgan fingerprint density at radius 3 is 2.94 bits per heavy atom. The van der Waals surface area contributed by atoms with Crippen molar-refractivity contribution in [2.75, 3.05) is 5.73 Å². The van der Waals surface area contributed by atoms with Crippen LogP contribution in [0.1, 0.15) is 5.56 Å². The van der Waals surface area contributed by atoms with Crippen molar-refractivity contribution in [1.82, 2.24) is 9.55 Å². The first kappa shape index (κ1) is 11.8. The van der Waals surface area contributed by atoms with Crippen LogP contribution in [-0.4, -0.2) is 9.55 Å². The largest absolute Gasteiger partial charge is 0.398 e. The fraction of sp³-hybridized carbons (Fsp3) is 0.0909. The zero-order valence-electron chi connectivity index (χ0n) is 8.73. The Kier molecular flexibility index (Phi) is 3.23. The van der Waals surface area contributed by atoms with Gasteiger partial charge in [0, 0.05) is 11.9 Å². The van der Waals surface area contributed by atoms with Crippen LogP contribution in [0.25, 0.3) is 0 Å². The molecule has 4 nitrogen and oxygen atoms in total. The van der Waals surface area contributed by atoms with Crippen LogP contribution in [-0.2, 0) is 6.54 Å². The first-order valence-electron chi connectivity index (χ1n) is 4.82. The molecule has 2 aromatic rings. The first-order chi connectivity index (χ1) is 8.08. The molecule has 1 aromatic carbocycles. The number of rotatable bonds is 2. The van der Waals surface area contributed by atoms with E-state index in [9.17, 15) is 9.18 Å². The van der Waals surface area contributed by atoms with Crippen LogP contribution >= 0.6 is 15.9 Å². The molecule has 0 spiro atoms. The Balaban J connectivity index is 2.38. The maximum atomic E-state index is 12.9. The predicted molar refractivity (Wildman–Crippen MR) is 66.1 cm³/mol. The molecule has 0 amide bonds. The molecule has 1 aromatic heterocycles. The van der Waals surface area contributed by atoms with Gasteiger partial charge in [0.05, 0.1) is 12.9 Å². The second-order valence-corrected chi connectivity index (χ2v) is 4.37. The summed E-state index contributed by atoms with van der Waals surface area (Å²) >= 11 is 3.10. The molecule has 2 N–H and O–H groups in total. The molecule has 0 saturated heterocycles. The molecule has 2 rings (SSSR count). The molecule has 0 fully saturated rings. The second kappa shape index (κ2) is 4.67. The third kappa shape index (κ3) is 2.52. The summed E-state index contributed by atoms with van der Waals surface area (Å²) in [6.45, 7) is 0.261. The van der Waals surface area contributed by atoms with E-state index in [0.717, 1.165) is 0 Å². The number of anilines is 1. The quantitative estimate of drug-likeness (QED) is 0.860. The zero-order chi connectivity index (χ0) is 12.4. The Morgan fingerprint density at radius 1 is 1.47 bits per heavy atom. The summed E-state index contributed by atoms with van der Waals surface area (Å²) in [5.74, 6) is -0.397. The average molecular weight is 298 g/mol. The lowest BCUT2D eigenvalue weighted by Crippen LogP contribution is -2.21. The highest BCUT2D eigenvalue weighted by Gasteiger charge is 2.05. The van der Waals surface area contributed by atoms with E-state index in [1.807, 2.05) is 0 Å². The Bertz CT molecular complexity index is 612. The minimum Gasteiger partial charge on any atom is -0.398 e. The maximum absolute atomic E-state index is 12.9. The molecule has 0 aliphatic carbocycles. The lowest BCUT2D eigenvalue weighted by Gasteiger charge is -2.08. The van der Waals surface area contributed by atoms with Crippen LogP contribution in [0.4, 0.5) is 10.1 Å². The van der Waals surface area contributed by atoms with Crippen LogP contribution in [0, 0.1) is 5.82 Å². The van der Waals surface area contributed by atoms with Gasteiger partial charge in [0.25, 0.3) is 5.56 Å². The highest BCUT2D eigenvalue weighted by molar-refractivity contribution is 9.10. The number of aromatic nitrogens is 2. The predicted octanol–water partition coefficient (Wildman–Crippen LogP) is 1.78. The van der Waals surface area contributed by atoms with Crippen molar-refractivity contribution in [3.63, 3.8) is 0 Å². The first-order valence-corrected chi connectivity index (χ1v) is 5.61. The van der Waals surface area contributed by atoms with E-state index in [0.29, 0.717) is 15.7 Å². The molecule has 17 heavy (non-hydrogen) atoms. The molecule has 0 saturated carbocycles. The number of benzene rings is 1. The Morgan fingerprint density at radius 2 is 2.24 bits per heavy atom. The van der Waals surface area contributed by atoms with Crippen molar-refractivity contribution in [2.24, 2.45) is 0 Å². The smallest absolute Gasteiger partial charge is 0.267 e. The average Bonchev–Trinajstić information content (AvgIpc) is 2.28. The zero-order valence-corrected chi connectivity index (χ0v) is 10.3. The van der Waals surface area contributed by atoms with Gasteiger partial charge < -0.3 is 5.73 Å². The van der Waals surface area contributed by atoms with Crippen LogP contribution < -0.4 is 11.3 Å². The third-order valence-electron chi connectivity index (χ3n) is 2.31. The van der Waals surface area contributed by atoms with Crippen molar-refractivity contribution in [3.8, 4) is 0 Å². The van der Waals surface area contributed by atoms with Crippen LogP contribution in [0.5, 0.6) is 0 Å². The number of hydrogen-bond acceptors (Lipinski definition) is 3. The molecule has 0 aliphatic rings. The molecule has 88 valence electrons. The van der Waals surface area contributed by atoms with Gasteiger partial charge in [-0.05, 0) is 33.6 Å². The van der Waals surface area contributed by atoms with E-state index in [4.69, 9.17) is 5.73 Å². The lowest BCUT2D eigenvalue weighted by molar-refractivity contribution is 0.626. The number of nitrogens with two attached hydrogens (primary N) is 1. The summed E-state index contributed by atoms with van der Waals surface area (Å²) in [5.41, 5.74) is 6.46. The van der Waals surface area contributed by atoms with Gasteiger partial charge in [-0.3, -0.25) is 9.36 Å². The monoisotopic (exact) mass is 297 g/mol. The number of hydrogen-bond donors (Lipinski definition) is 1. The Labute approximate surface area is 105 Å². The third-order valence-corrected chi connectivity index (χ3v) is 2.85.